The minimum Gasteiger partial charge on any atom is -0.472 e. The van der Waals surface area contributed by atoms with Gasteiger partial charge in [0.05, 0.1) is 6.20 Å². The number of nitrogens with one attached hydrogen (secondary N) is 2. The minimum atomic E-state index is 0.376. The quantitative estimate of drug-likeness (QED) is 0.772. The molecule has 0 unspecified atom stereocenters. The van der Waals surface area contributed by atoms with Crippen LogP contribution in [0.4, 0.5) is 5.95 Å². The molecule has 3 rings (SSSR count). The number of H-pyrrole nitrogens is 1. The summed E-state index contributed by atoms with van der Waals surface area (Å²) in [5.74, 6) is 0.955. The van der Waals surface area contributed by atoms with Gasteiger partial charge in [-0.3, -0.25) is 5.10 Å². The Balaban J connectivity index is 1.88. The standard InChI is InChI=1S/C13H12ClN5O/c1-15-13-17-11-10(6-16-19-11)12(18-13)20-7-8-3-2-4-9(14)5-8/h2-6H,7H2,1H3,(H2,15,16,17,18,19). The van der Waals surface area contributed by atoms with Gasteiger partial charge in [-0.2, -0.15) is 15.1 Å². The van der Waals surface area contributed by atoms with Crippen LogP contribution in [0.1, 0.15) is 5.56 Å². The molecule has 20 heavy (non-hydrogen) atoms. The normalized spacial score (nSPS) is 10.7. The Morgan fingerprint density at radius 3 is 3.05 bits per heavy atom. The molecule has 0 spiro atoms. The van der Waals surface area contributed by atoms with Gasteiger partial charge in [-0.15, -0.1) is 0 Å². The van der Waals surface area contributed by atoms with Gasteiger partial charge in [0.2, 0.25) is 11.8 Å². The number of benzene rings is 1. The first kappa shape index (κ1) is 12.7. The van der Waals surface area contributed by atoms with Crippen LogP contribution in [-0.4, -0.2) is 27.2 Å². The van der Waals surface area contributed by atoms with Crippen molar-refractivity contribution in [3.05, 3.63) is 41.0 Å². The highest BCUT2D eigenvalue weighted by Crippen LogP contribution is 2.23. The van der Waals surface area contributed by atoms with Gasteiger partial charge in [-0.1, -0.05) is 23.7 Å². The molecular weight excluding hydrogens is 278 g/mol. The maximum Gasteiger partial charge on any atom is 0.229 e. The third-order valence-corrected chi connectivity index (χ3v) is 3.00. The molecule has 0 aliphatic carbocycles. The lowest BCUT2D eigenvalue weighted by atomic mass is 10.2. The average Bonchev–Trinajstić information content (AvgIpc) is 2.93. The summed E-state index contributed by atoms with van der Waals surface area (Å²) in [5.41, 5.74) is 1.60. The van der Waals surface area contributed by atoms with E-state index in [1.807, 2.05) is 24.3 Å². The molecule has 3 aromatic rings. The van der Waals surface area contributed by atoms with E-state index >= 15 is 0 Å². The topological polar surface area (TPSA) is 75.7 Å². The maximum atomic E-state index is 5.95. The second-order valence-electron chi connectivity index (χ2n) is 4.15. The van der Waals surface area contributed by atoms with Gasteiger partial charge in [0.25, 0.3) is 0 Å². The lowest BCUT2D eigenvalue weighted by molar-refractivity contribution is 0.298. The van der Waals surface area contributed by atoms with Gasteiger partial charge in [-0.05, 0) is 17.7 Å². The highest BCUT2D eigenvalue weighted by molar-refractivity contribution is 6.30. The van der Waals surface area contributed by atoms with Crippen molar-refractivity contribution in [3.63, 3.8) is 0 Å². The molecule has 7 heteroatoms. The Morgan fingerprint density at radius 1 is 1.35 bits per heavy atom. The zero-order valence-electron chi connectivity index (χ0n) is 10.7. The second kappa shape index (κ2) is 5.34. The van der Waals surface area contributed by atoms with E-state index in [9.17, 15) is 0 Å². The summed E-state index contributed by atoms with van der Waals surface area (Å²) in [5, 5.41) is 11.1. The molecule has 6 nitrogen and oxygen atoms in total. The number of halogens is 1. The molecule has 102 valence electrons. The zero-order chi connectivity index (χ0) is 13.9. The van der Waals surface area contributed by atoms with E-state index in [0.717, 1.165) is 10.9 Å². The van der Waals surface area contributed by atoms with Crippen molar-refractivity contribution in [1.82, 2.24) is 20.2 Å². The van der Waals surface area contributed by atoms with Crippen LogP contribution in [0, 0.1) is 0 Å². The van der Waals surface area contributed by atoms with Gasteiger partial charge < -0.3 is 10.1 Å². The van der Waals surface area contributed by atoms with E-state index in [2.05, 4.69) is 25.5 Å². The Kier molecular flexibility index (Phi) is 3.39. The van der Waals surface area contributed by atoms with Gasteiger partial charge in [0.15, 0.2) is 5.65 Å². The van der Waals surface area contributed by atoms with Crippen molar-refractivity contribution in [1.29, 1.82) is 0 Å². The molecule has 0 amide bonds. The Hall–Kier alpha value is -2.34. The van der Waals surface area contributed by atoms with E-state index in [0.29, 0.717) is 29.1 Å². The largest absolute Gasteiger partial charge is 0.472 e. The van der Waals surface area contributed by atoms with E-state index < -0.39 is 0 Å². The monoisotopic (exact) mass is 289 g/mol. The summed E-state index contributed by atoms with van der Waals surface area (Å²) in [6, 6.07) is 7.50. The van der Waals surface area contributed by atoms with Crippen LogP contribution in [0.2, 0.25) is 5.02 Å². The SMILES string of the molecule is CNc1nc(OCc2cccc(Cl)c2)c2cn[nH]c2n1. The summed E-state index contributed by atoms with van der Waals surface area (Å²) >= 11 is 5.95. The molecule has 0 radical (unpaired) electrons. The van der Waals surface area contributed by atoms with Crippen molar-refractivity contribution in [2.24, 2.45) is 0 Å². The van der Waals surface area contributed by atoms with Crippen molar-refractivity contribution >= 4 is 28.6 Å². The van der Waals surface area contributed by atoms with Gasteiger partial charge in [0.1, 0.15) is 12.0 Å². The van der Waals surface area contributed by atoms with Gasteiger partial charge in [0, 0.05) is 12.1 Å². The first-order valence-corrected chi connectivity index (χ1v) is 6.40. The molecule has 0 fully saturated rings. The number of rotatable bonds is 4. The van der Waals surface area contributed by atoms with Gasteiger partial charge in [-0.25, -0.2) is 0 Å². The number of ether oxygens (including phenoxy) is 1. The summed E-state index contributed by atoms with van der Waals surface area (Å²) in [6.45, 7) is 0.376. The second-order valence-corrected chi connectivity index (χ2v) is 4.59. The molecular formula is C13H12ClN5O. The highest BCUT2D eigenvalue weighted by Gasteiger charge is 2.10. The molecule has 0 saturated carbocycles. The molecule has 0 aliphatic heterocycles. The van der Waals surface area contributed by atoms with Crippen LogP contribution < -0.4 is 10.1 Å². The minimum absolute atomic E-state index is 0.376. The molecule has 0 aliphatic rings. The predicted molar refractivity (Wildman–Crippen MR) is 77.0 cm³/mol. The lowest BCUT2D eigenvalue weighted by Gasteiger charge is -2.08. The molecule has 2 N–H and O–H groups in total. The molecule has 1 aromatic carbocycles. The number of hydrogen-bond acceptors (Lipinski definition) is 5. The van der Waals surface area contributed by atoms with E-state index in [4.69, 9.17) is 16.3 Å². The fourth-order valence-corrected chi connectivity index (χ4v) is 2.02. The molecule has 0 atom stereocenters. The fourth-order valence-electron chi connectivity index (χ4n) is 1.81. The first-order valence-electron chi connectivity index (χ1n) is 6.02. The molecule has 2 heterocycles. The Labute approximate surface area is 120 Å². The van der Waals surface area contributed by atoms with Crippen LogP contribution in [0.15, 0.2) is 30.5 Å². The number of anilines is 1. The van der Waals surface area contributed by atoms with Crippen molar-refractivity contribution < 1.29 is 4.74 Å². The smallest absolute Gasteiger partial charge is 0.229 e. The number of fused-ring (bicyclic) bond motifs is 1. The number of aromatic amines is 1. The first-order chi connectivity index (χ1) is 9.76. The van der Waals surface area contributed by atoms with Crippen LogP contribution in [0.25, 0.3) is 11.0 Å². The molecule has 2 aromatic heterocycles. The zero-order valence-corrected chi connectivity index (χ0v) is 11.5. The van der Waals surface area contributed by atoms with Crippen LogP contribution in [0.3, 0.4) is 0 Å². The average molecular weight is 290 g/mol. The van der Waals surface area contributed by atoms with Crippen LogP contribution in [0.5, 0.6) is 5.88 Å². The maximum absolute atomic E-state index is 5.95. The van der Waals surface area contributed by atoms with E-state index in [1.165, 1.54) is 0 Å². The number of nitrogens with zero attached hydrogens (tertiary/aromatic N) is 3. The lowest BCUT2D eigenvalue weighted by Crippen LogP contribution is -2.02. The predicted octanol–water partition coefficient (Wildman–Crippen LogP) is 2.63. The van der Waals surface area contributed by atoms with Crippen molar-refractivity contribution in [2.75, 3.05) is 12.4 Å². The molecule has 0 bridgehead atoms. The summed E-state index contributed by atoms with van der Waals surface area (Å²) < 4.78 is 5.75. The third-order valence-electron chi connectivity index (χ3n) is 2.76. The summed E-state index contributed by atoms with van der Waals surface area (Å²) in [7, 11) is 1.75. The number of hydrogen-bond donors (Lipinski definition) is 2. The number of aromatic nitrogens is 4. The fraction of sp³-hybridized carbons (Fsp3) is 0.154. The Bertz CT molecular complexity index is 742. The Morgan fingerprint density at radius 2 is 2.25 bits per heavy atom. The summed E-state index contributed by atoms with van der Waals surface area (Å²) in [6.07, 6.45) is 1.64. The van der Waals surface area contributed by atoms with Crippen molar-refractivity contribution in [3.8, 4) is 5.88 Å². The van der Waals surface area contributed by atoms with E-state index in [1.54, 1.807) is 13.2 Å². The summed E-state index contributed by atoms with van der Waals surface area (Å²) in [4.78, 5) is 8.53. The van der Waals surface area contributed by atoms with Crippen LogP contribution >= 0.6 is 11.6 Å². The van der Waals surface area contributed by atoms with Crippen molar-refractivity contribution in [2.45, 2.75) is 6.61 Å². The van der Waals surface area contributed by atoms with Crippen LogP contribution in [-0.2, 0) is 6.61 Å². The molecule has 0 saturated heterocycles. The van der Waals surface area contributed by atoms with Gasteiger partial charge >= 0.3 is 0 Å². The van der Waals surface area contributed by atoms with E-state index in [-0.39, 0.29) is 0 Å². The third kappa shape index (κ3) is 2.50. The highest BCUT2D eigenvalue weighted by atomic mass is 35.5.